The van der Waals surface area contributed by atoms with E-state index in [9.17, 15) is 0 Å². The molecule has 1 saturated heterocycles. The third-order valence-corrected chi connectivity index (χ3v) is 5.38. The standard InChI is InChI=1S/C17H32N6S.HI/c1-13(2)15-12-24-16(21-15)11-20-17(18-4)19-10-14(3)23-8-6-22(5)7-9-23;/h12-14H,6-11H2,1-5H3,(H2,18,19,20);1H. The van der Waals surface area contributed by atoms with Gasteiger partial charge in [-0.25, -0.2) is 4.98 Å². The molecule has 0 bridgehead atoms. The van der Waals surface area contributed by atoms with Crippen LogP contribution in [0.4, 0.5) is 0 Å². The number of likely N-dealkylation sites (N-methyl/N-ethyl adjacent to an activating group) is 1. The predicted octanol–water partition coefficient (Wildman–Crippen LogP) is 2.19. The number of nitrogens with one attached hydrogen (secondary N) is 2. The van der Waals surface area contributed by atoms with Gasteiger partial charge in [0.05, 0.1) is 12.2 Å². The molecule has 0 aliphatic carbocycles. The van der Waals surface area contributed by atoms with E-state index >= 15 is 0 Å². The zero-order chi connectivity index (χ0) is 17.5. The Kier molecular flexibility index (Phi) is 10.2. The Morgan fingerprint density at radius 2 is 1.92 bits per heavy atom. The molecule has 0 radical (unpaired) electrons. The van der Waals surface area contributed by atoms with E-state index in [0.717, 1.165) is 50.2 Å². The summed E-state index contributed by atoms with van der Waals surface area (Å²) in [6.45, 7) is 12.8. The predicted molar refractivity (Wildman–Crippen MR) is 118 cm³/mol. The van der Waals surface area contributed by atoms with Gasteiger partial charge in [-0.1, -0.05) is 13.8 Å². The molecule has 1 unspecified atom stereocenters. The van der Waals surface area contributed by atoms with Crippen molar-refractivity contribution >= 4 is 41.3 Å². The Bertz CT molecular complexity index is 525. The molecule has 2 rings (SSSR count). The maximum absolute atomic E-state index is 4.65. The van der Waals surface area contributed by atoms with Crippen molar-refractivity contribution in [2.75, 3.05) is 46.8 Å². The van der Waals surface area contributed by atoms with Crippen LogP contribution in [0.3, 0.4) is 0 Å². The number of hydrogen-bond donors (Lipinski definition) is 2. The summed E-state index contributed by atoms with van der Waals surface area (Å²) in [4.78, 5) is 13.9. The fourth-order valence-electron chi connectivity index (χ4n) is 2.69. The minimum absolute atomic E-state index is 0. The van der Waals surface area contributed by atoms with Crippen LogP contribution in [0.1, 0.15) is 37.4 Å². The smallest absolute Gasteiger partial charge is 0.191 e. The van der Waals surface area contributed by atoms with Gasteiger partial charge in [-0.2, -0.15) is 0 Å². The normalized spacial score (nSPS) is 18.1. The highest BCUT2D eigenvalue weighted by Crippen LogP contribution is 2.17. The summed E-state index contributed by atoms with van der Waals surface area (Å²) < 4.78 is 0. The summed E-state index contributed by atoms with van der Waals surface area (Å²) >= 11 is 1.71. The van der Waals surface area contributed by atoms with Crippen molar-refractivity contribution in [3.8, 4) is 0 Å². The van der Waals surface area contributed by atoms with Gasteiger partial charge in [0.15, 0.2) is 5.96 Å². The van der Waals surface area contributed by atoms with Crippen LogP contribution in [0, 0.1) is 0 Å². The second-order valence-corrected chi connectivity index (χ2v) is 7.76. The summed E-state index contributed by atoms with van der Waals surface area (Å²) in [6.07, 6.45) is 0. The number of nitrogens with zero attached hydrogens (tertiary/aromatic N) is 4. The third-order valence-electron chi connectivity index (χ3n) is 4.52. The first-order valence-corrected chi connectivity index (χ1v) is 9.69. The number of aliphatic imine (C=N–C) groups is 1. The van der Waals surface area contributed by atoms with E-state index < -0.39 is 0 Å². The van der Waals surface area contributed by atoms with Gasteiger partial charge in [0.25, 0.3) is 0 Å². The second-order valence-electron chi connectivity index (χ2n) is 6.82. The molecule has 1 fully saturated rings. The highest BCUT2D eigenvalue weighted by atomic mass is 127. The van der Waals surface area contributed by atoms with Crippen LogP contribution in [0.15, 0.2) is 10.4 Å². The molecule has 2 heterocycles. The summed E-state index contributed by atoms with van der Waals surface area (Å²) in [5.74, 6) is 1.33. The molecule has 1 aromatic rings. The lowest BCUT2D eigenvalue weighted by Crippen LogP contribution is -2.52. The van der Waals surface area contributed by atoms with E-state index in [1.165, 1.54) is 5.69 Å². The minimum Gasteiger partial charge on any atom is -0.355 e. The van der Waals surface area contributed by atoms with Crippen LogP contribution in [-0.2, 0) is 6.54 Å². The van der Waals surface area contributed by atoms with Gasteiger partial charge in [0, 0.05) is 51.2 Å². The number of piperazine rings is 1. The molecule has 1 atom stereocenters. The van der Waals surface area contributed by atoms with Gasteiger partial charge in [-0.05, 0) is 19.9 Å². The summed E-state index contributed by atoms with van der Waals surface area (Å²) in [7, 11) is 4.01. The van der Waals surface area contributed by atoms with E-state index in [4.69, 9.17) is 0 Å². The van der Waals surface area contributed by atoms with E-state index in [1.807, 2.05) is 7.05 Å². The molecule has 25 heavy (non-hydrogen) atoms. The van der Waals surface area contributed by atoms with Crippen LogP contribution < -0.4 is 10.6 Å². The lowest BCUT2D eigenvalue weighted by Gasteiger charge is -2.36. The highest BCUT2D eigenvalue weighted by molar-refractivity contribution is 14.0. The van der Waals surface area contributed by atoms with Crippen LogP contribution in [0.25, 0.3) is 0 Å². The Hall–Kier alpha value is -0.450. The molecule has 8 heteroatoms. The van der Waals surface area contributed by atoms with E-state index in [-0.39, 0.29) is 24.0 Å². The number of aromatic nitrogens is 1. The van der Waals surface area contributed by atoms with Crippen molar-refractivity contribution < 1.29 is 0 Å². The maximum Gasteiger partial charge on any atom is 0.191 e. The first kappa shape index (κ1) is 22.6. The van der Waals surface area contributed by atoms with Crippen molar-refractivity contribution in [1.82, 2.24) is 25.4 Å². The monoisotopic (exact) mass is 480 g/mol. The van der Waals surface area contributed by atoms with Crippen molar-refractivity contribution in [3.05, 3.63) is 16.1 Å². The number of guanidine groups is 1. The molecular weight excluding hydrogens is 447 g/mol. The van der Waals surface area contributed by atoms with Crippen molar-refractivity contribution in [2.45, 2.75) is 39.3 Å². The number of thiazole rings is 1. The molecule has 6 nitrogen and oxygen atoms in total. The first-order valence-electron chi connectivity index (χ1n) is 8.81. The number of hydrogen-bond acceptors (Lipinski definition) is 5. The van der Waals surface area contributed by atoms with E-state index in [0.29, 0.717) is 12.0 Å². The van der Waals surface area contributed by atoms with Crippen LogP contribution in [0.2, 0.25) is 0 Å². The maximum atomic E-state index is 4.65. The topological polar surface area (TPSA) is 55.8 Å². The Morgan fingerprint density at radius 1 is 1.24 bits per heavy atom. The van der Waals surface area contributed by atoms with E-state index in [1.54, 1.807) is 11.3 Å². The quantitative estimate of drug-likeness (QED) is 0.372. The van der Waals surface area contributed by atoms with Gasteiger partial charge in [-0.15, -0.1) is 35.3 Å². The molecule has 1 aliphatic heterocycles. The summed E-state index contributed by atoms with van der Waals surface area (Å²) in [5.41, 5.74) is 1.17. The molecule has 1 aromatic heterocycles. The van der Waals surface area contributed by atoms with Gasteiger partial charge in [0.1, 0.15) is 5.01 Å². The van der Waals surface area contributed by atoms with Crippen molar-refractivity contribution in [3.63, 3.8) is 0 Å². The molecule has 2 N–H and O–H groups in total. The Morgan fingerprint density at radius 3 is 2.48 bits per heavy atom. The van der Waals surface area contributed by atoms with Gasteiger partial charge < -0.3 is 15.5 Å². The average Bonchev–Trinajstić information content (AvgIpc) is 3.04. The van der Waals surface area contributed by atoms with Crippen LogP contribution >= 0.6 is 35.3 Å². The van der Waals surface area contributed by atoms with Crippen LogP contribution in [-0.4, -0.2) is 73.6 Å². The van der Waals surface area contributed by atoms with E-state index in [2.05, 4.69) is 63.6 Å². The number of rotatable bonds is 6. The average molecular weight is 480 g/mol. The molecule has 0 spiro atoms. The van der Waals surface area contributed by atoms with Gasteiger partial charge in [0.2, 0.25) is 0 Å². The number of halogens is 1. The zero-order valence-electron chi connectivity index (χ0n) is 16.1. The molecule has 0 saturated carbocycles. The molecule has 0 amide bonds. The Balaban J connectivity index is 0.00000312. The SMILES string of the molecule is CN=C(NCc1nc(C(C)C)cs1)NCC(C)N1CCN(C)CC1.I. The van der Waals surface area contributed by atoms with Gasteiger partial charge in [-0.3, -0.25) is 9.89 Å². The molecule has 1 aliphatic rings. The van der Waals surface area contributed by atoms with Crippen LogP contribution in [0.5, 0.6) is 0 Å². The minimum atomic E-state index is 0. The third kappa shape index (κ3) is 7.36. The highest BCUT2D eigenvalue weighted by Gasteiger charge is 2.19. The molecular formula is C17H33IN6S. The summed E-state index contributed by atoms with van der Waals surface area (Å²) in [6, 6.07) is 0.504. The first-order chi connectivity index (χ1) is 11.5. The Labute approximate surface area is 173 Å². The summed E-state index contributed by atoms with van der Waals surface area (Å²) in [5, 5.41) is 10.1. The zero-order valence-corrected chi connectivity index (χ0v) is 19.2. The lowest BCUT2D eigenvalue weighted by molar-refractivity contribution is 0.120. The largest absolute Gasteiger partial charge is 0.355 e. The van der Waals surface area contributed by atoms with Crippen molar-refractivity contribution in [1.29, 1.82) is 0 Å². The van der Waals surface area contributed by atoms with Gasteiger partial charge >= 0.3 is 0 Å². The van der Waals surface area contributed by atoms with Crippen molar-refractivity contribution in [2.24, 2.45) is 4.99 Å². The second kappa shape index (κ2) is 11.3. The molecule has 0 aromatic carbocycles. The lowest BCUT2D eigenvalue weighted by atomic mass is 10.2. The molecule has 144 valence electrons. The fraction of sp³-hybridized carbons (Fsp3) is 0.765. The fourth-order valence-corrected chi connectivity index (χ4v) is 3.58.